The van der Waals surface area contributed by atoms with Crippen molar-refractivity contribution in [3.63, 3.8) is 0 Å². The monoisotopic (exact) mass is 249 g/mol. The minimum atomic E-state index is -0.309. The molecule has 1 aromatic heterocycles. The summed E-state index contributed by atoms with van der Waals surface area (Å²) < 4.78 is 0. The molecule has 0 radical (unpaired) electrons. The molecule has 2 aromatic rings. The van der Waals surface area contributed by atoms with Gasteiger partial charge in [-0.1, -0.05) is 18.2 Å². The topological polar surface area (TPSA) is 76.7 Å². The van der Waals surface area contributed by atoms with E-state index in [2.05, 4.69) is 20.3 Å². The van der Waals surface area contributed by atoms with Crippen molar-refractivity contribution in [3.05, 3.63) is 36.2 Å². The van der Waals surface area contributed by atoms with E-state index in [0.29, 0.717) is 11.8 Å². The number of benzene rings is 1. The zero-order valence-electron chi connectivity index (χ0n) is 9.26. The van der Waals surface area contributed by atoms with Gasteiger partial charge in [-0.2, -0.15) is 15.0 Å². The number of alkyl halides is 1. The first-order chi connectivity index (χ1) is 8.15. The fraction of sp³-hybridized carbons (Fsp3) is 0.182. The van der Waals surface area contributed by atoms with Crippen molar-refractivity contribution in [2.45, 2.75) is 12.3 Å². The summed E-state index contributed by atoms with van der Waals surface area (Å²) in [7, 11) is 0. The lowest BCUT2D eigenvalue weighted by atomic mass is 10.3. The average Bonchev–Trinajstić information content (AvgIpc) is 2.29. The fourth-order valence-corrected chi connectivity index (χ4v) is 1.39. The summed E-state index contributed by atoms with van der Waals surface area (Å²) in [5.74, 6) is 1.00. The molecule has 0 aliphatic rings. The molecule has 3 N–H and O–H groups in total. The van der Waals surface area contributed by atoms with Crippen LogP contribution in [-0.2, 0) is 0 Å². The van der Waals surface area contributed by atoms with E-state index in [1.54, 1.807) is 6.92 Å². The van der Waals surface area contributed by atoms with Crippen molar-refractivity contribution in [1.29, 1.82) is 0 Å². The van der Waals surface area contributed by atoms with Gasteiger partial charge in [0, 0.05) is 5.69 Å². The van der Waals surface area contributed by atoms with Crippen LogP contribution in [-0.4, -0.2) is 15.0 Å². The van der Waals surface area contributed by atoms with E-state index in [9.17, 15) is 0 Å². The second-order valence-electron chi connectivity index (χ2n) is 3.48. The molecule has 0 saturated carbocycles. The van der Waals surface area contributed by atoms with E-state index in [-0.39, 0.29) is 11.3 Å². The molecule has 1 heterocycles. The van der Waals surface area contributed by atoms with Gasteiger partial charge in [0.1, 0.15) is 0 Å². The highest BCUT2D eigenvalue weighted by Crippen LogP contribution is 2.18. The molecule has 0 spiro atoms. The van der Waals surface area contributed by atoms with Gasteiger partial charge in [-0.3, -0.25) is 0 Å². The maximum absolute atomic E-state index is 5.91. The summed E-state index contributed by atoms with van der Waals surface area (Å²) in [6.07, 6.45) is 0. The highest BCUT2D eigenvalue weighted by atomic mass is 35.5. The van der Waals surface area contributed by atoms with Crippen LogP contribution in [0, 0.1) is 0 Å². The molecular formula is C11H12ClN5. The Bertz CT molecular complexity index is 500. The van der Waals surface area contributed by atoms with Crippen LogP contribution >= 0.6 is 11.6 Å². The van der Waals surface area contributed by atoms with Crippen LogP contribution in [0.1, 0.15) is 18.1 Å². The number of nitrogen functional groups attached to an aromatic ring is 1. The number of nitrogens with zero attached hydrogens (tertiary/aromatic N) is 3. The third-order valence-electron chi connectivity index (χ3n) is 2.06. The number of nitrogens with two attached hydrogens (primary N) is 1. The molecule has 0 aliphatic heterocycles. The predicted molar refractivity (Wildman–Crippen MR) is 68.2 cm³/mol. The third-order valence-corrected chi connectivity index (χ3v) is 2.25. The van der Waals surface area contributed by atoms with Crippen LogP contribution in [0.3, 0.4) is 0 Å². The molecule has 0 fully saturated rings. The Kier molecular flexibility index (Phi) is 3.39. The van der Waals surface area contributed by atoms with Crippen LogP contribution in [0.4, 0.5) is 17.6 Å². The SMILES string of the molecule is C[C@H](Cl)c1nc(N)nc(Nc2ccccc2)n1. The molecule has 0 saturated heterocycles. The number of nitrogens with one attached hydrogen (secondary N) is 1. The van der Waals surface area contributed by atoms with Crippen molar-refractivity contribution in [2.24, 2.45) is 0 Å². The van der Waals surface area contributed by atoms with Crippen molar-refractivity contribution < 1.29 is 0 Å². The number of anilines is 3. The Hall–Kier alpha value is -1.88. The van der Waals surface area contributed by atoms with Crippen LogP contribution in [0.25, 0.3) is 0 Å². The van der Waals surface area contributed by atoms with Crippen LogP contribution in [0.15, 0.2) is 30.3 Å². The summed E-state index contributed by atoms with van der Waals surface area (Å²) in [5, 5.41) is 2.73. The van der Waals surface area contributed by atoms with E-state index in [1.807, 2.05) is 30.3 Å². The quantitative estimate of drug-likeness (QED) is 0.818. The van der Waals surface area contributed by atoms with Gasteiger partial charge in [0.15, 0.2) is 5.82 Å². The number of halogens is 1. The molecule has 5 nitrogen and oxygen atoms in total. The Morgan fingerprint density at radius 3 is 2.53 bits per heavy atom. The average molecular weight is 250 g/mol. The normalized spacial score (nSPS) is 12.1. The maximum Gasteiger partial charge on any atom is 0.232 e. The van der Waals surface area contributed by atoms with E-state index in [0.717, 1.165) is 5.69 Å². The zero-order valence-corrected chi connectivity index (χ0v) is 10.0. The molecule has 6 heteroatoms. The van der Waals surface area contributed by atoms with E-state index < -0.39 is 0 Å². The molecule has 88 valence electrons. The number of hydrogen-bond donors (Lipinski definition) is 2. The van der Waals surface area contributed by atoms with Gasteiger partial charge in [-0.15, -0.1) is 11.6 Å². The van der Waals surface area contributed by atoms with Gasteiger partial charge in [0.05, 0.1) is 5.38 Å². The van der Waals surface area contributed by atoms with Crippen LogP contribution < -0.4 is 11.1 Å². The molecular weight excluding hydrogens is 238 g/mol. The van der Waals surface area contributed by atoms with Crippen molar-refractivity contribution in [1.82, 2.24) is 15.0 Å². The Labute approximate surface area is 104 Å². The van der Waals surface area contributed by atoms with E-state index in [1.165, 1.54) is 0 Å². The molecule has 0 amide bonds. The zero-order chi connectivity index (χ0) is 12.3. The minimum Gasteiger partial charge on any atom is -0.368 e. The summed E-state index contributed by atoms with van der Waals surface area (Å²) in [5.41, 5.74) is 6.47. The van der Waals surface area contributed by atoms with Gasteiger partial charge in [-0.05, 0) is 19.1 Å². The Morgan fingerprint density at radius 1 is 1.18 bits per heavy atom. The number of rotatable bonds is 3. The first-order valence-electron chi connectivity index (χ1n) is 5.13. The molecule has 0 aliphatic carbocycles. The summed E-state index contributed by atoms with van der Waals surface area (Å²) >= 11 is 5.91. The lowest BCUT2D eigenvalue weighted by molar-refractivity contribution is 0.889. The minimum absolute atomic E-state index is 0.154. The van der Waals surface area contributed by atoms with Gasteiger partial charge < -0.3 is 11.1 Å². The smallest absolute Gasteiger partial charge is 0.232 e. The summed E-state index contributed by atoms with van der Waals surface area (Å²) in [4.78, 5) is 12.1. The van der Waals surface area contributed by atoms with Gasteiger partial charge in [0.25, 0.3) is 0 Å². The van der Waals surface area contributed by atoms with Crippen molar-refractivity contribution in [2.75, 3.05) is 11.1 Å². The Morgan fingerprint density at radius 2 is 1.88 bits per heavy atom. The molecule has 1 atom stereocenters. The van der Waals surface area contributed by atoms with Gasteiger partial charge in [0.2, 0.25) is 11.9 Å². The molecule has 0 unspecified atom stereocenters. The highest BCUT2D eigenvalue weighted by Gasteiger charge is 2.09. The summed E-state index contributed by atoms with van der Waals surface area (Å²) in [6.45, 7) is 1.78. The fourth-order valence-electron chi connectivity index (χ4n) is 1.29. The predicted octanol–water partition coefficient (Wildman–Crippen LogP) is 2.50. The lowest BCUT2D eigenvalue weighted by Gasteiger charge is -2.07. The molecule has 17 heavy (non-hydrogen) atoms. The Balaban J connectivity index is 2.27. The third kappa shape index (κ3) is 3.04. The van der Waals surface area contributed by atoms with Gasteiger partial charge >= 0.3 is 0 Å². The van der Waals surface area contributed by atoms with Crippen molar-refractivity contribution >= 4 is 29.2 Å². The van der Waals surface area contributed by atoms with Crippen LogP contribution in [0.2, 0.25) is 0 Å². The number of hydrogen-bond acceptors (Lipinski definition) is 5. The summed E-state index contributed by atoms with van der Waals surface area (Å²) in [6, 6.07) is 9.57. The molecule has 2 rings (SSSR count). The van der Waals surface area contributed by atoms with E-state index in [4.69, 9.17) is 17.3 Å². The second-order valence-corrected chi connectivity index (χ2v) is 4.14. The lowest BCUT2D eigenvalue weighted by Crippen LogP contribution is -2.07. The standard InChI is InChI=1S/C11H12ClN5/c1-7(12)9-15-10(13)17-11(16-9)14-8-5-3-2-4-6-8/h2-7H,1H3,(H3,13,14,15,16,17)/t7-/m0/s1. The first kappa shape index (κ1) is 11.6. The highest BCUT2D eigenvalue weighted by molar-refractivity contribution is 6.20. The van der Waals surface area contributed by atoms with E-state index >= 15 is 0 Å². The molecule has 1 aromatic carbocycles. The second kappa shape index (κ2) is 4.97. The van der Waals surface area contributed by atoms with Crippen LogP contribution in [0.5, 0.6) is 0 Å². The number of aromatic nitrogens is 3. The first-order valence-corrected chi connectivity index (χ1v) is 5.56. The van der Waals surface area contributed by atoms with Crippen molar-refractivity contribution in [3.8, 4) is 0 Å². The maximum atomic E-state index is 5.91. The number of para-hydroxylation sites is 1. The molecule has 0 bridgehead atoms. The largest absolute Gasteiger partial charge is 0.368 e. The van der Waals surface area contributed by atoms with Gasteiger partial charge in [-0.25, -0.2) is 0 Å².